The van der Waals surface area contributed by atoms with Crippen LogP contribution in [-0.2, 0) is 20.0 Å². The highest BCUT2D eigenvalue weighted by atomic mass is 31.2. The lowest BCUT2D eigenvalue weighted by Crippen LogP contribution is -2.27. The Bertz CT molecular complexity index is 1010. The number of halogens is 3. The number of aryl methyl sites for hydroxylation is 2. The van der Waals surface area contributed by atoms with E-state index < -0.39 is 25.7 Å². The van der Waals surface area contributed by atoms with Gasteiger partial charge in [-0.15, -0.1) is 13.2 Å². The van der Waals surface area contributed by atoms with Gasteiger partial charge in [0.05, 0.1) is 35.2 Å². The highest BCUT2D eigenvalue weighted by Gasteiger charge is 2.51. The molecule has 0 amide bonds. The van der Waals surface area contributed by atoms with E-state index in [0.717, 1.165) is 13.2 Å². The zero-order valence-corrected chi connectivity index (χ0v) is 18.8. The van der Waals surface area contributed by atoms with Crippen LogP contribution in [0.2, 0.25) is 0 Å². The smallest absolute Gasteiger partial charge is 0.449 e. The van der Waals surface area contributed by atoms with Crippen LogP contribution in [0.3, 0.4) is 0 Å². The van der Waals surface area contributed by atoms with E-state index in [1.165, 1.54) is 44.2 Å². The molecule has 0 saturated carbocycles. The van der Waals surface area contributed by atoms with E-state index >= 15 is 0 Å². The molecule has 0 fully saturated rings. The fraction of sp³-hybridized carbons (Fsp3) is 0.273. The van der Waals surface area contributed by atoms with Crippen molar-refractivity contribution in [2.75, 3.05) is 20.3 Å². The van der Waals surface area contributed by atoms with Gasteiger partial charge in [0.15, 0.2) is 0 Å². The van der Waals surface area contributed by atoms with Crippen LogP contribution in [0.25, 0.3) is 11.1 Å². The molecule has 2 rings (SSSR count). The van der Waals surface area contributed by atoms with Crippen molar-refractivity contribution in [2.24, 2.45) is 0 Å². The first-order valence-corrected chi connectivity index (χ1v) is 11.0. The molecule has 2 aromatic rings. The zero-order chi connectivity index (χ0) is 24.1. The molecule has 10 heteroatoms. The number of aromatic nitrogens is 1. The van der Waals surface area contributed by atoms with E-state index in [1.807, 2.05) is 0 Å². The van der Waals surface area contributed by atoms with Gasteiger partial charge in [-0.05, 0) is 25.5 Å². The van der Waals surface area contributed by atoms with Crippen molar-refractivity contribution >= 4 is 19.2 Å². The third-order valence-corrected chi connectivity index (χ3v) is 6.55. The van der Waals surface area contributed by atoms with Crippen LogP contribution in [0.15, 0.2) is 49.6 Å². The van der Waals surface area contributed by atoms with E-state index in [9.17, 15) is 22.9 Å². The fourth-order valence-corrected chi connectivity index (χ4v) is 5.14. The van der Waals surface area contributed by atoms with Crippen LogP contribution in [-0.4, -0.2) is 36.2 Å². The number of benzene rings is 1. The first kappa shape index (κ1) is 25.7. The number of carbonyl (C=O) groups is 1. The summed E-state index contributed by atoms with van der Waals surface area (Å²) in [6.07, 6.45) is -2.04. The quantitative estimate of drug-likeness (QED) is 0.317. The molecule has 1 heterocycles. The molecule has 0 spiro atoms. The number of rotatable bonds is 9. The number of methoxy groups -OCH3 is 1. The van der Waals surface area contributed by atoms with E-state index in [2.05, 4.69) is 18.1 Å². The Morgan fingerprint density at radius 3 is 2.19 bits per heavy atom. The summed E-state index contributed by atoms with van der Waals surface area (Å²) in [5, 5.41) is -0.149. The van der Waals surface area contributed by atoms with Gasteiger partial charge < -0.3 is 4.74 Å². The number of nitrogens with zero attached hydrogens (tertiary/aromatic N) is 1. The predicted molar refractivity (Wildman–Crippen MR) is 117 cm³/mol. The zero-order valence-electron chi connectivity index (χ0n) is 17.9. The second-order valence-corrected chi connectivity index (χ2v) is 8.61. The van der Waals surface area contributed by atoms with Gasteiger partial charge in [-0.1, -0.05) is 30.4 Å². The predicted octanol–water partition coefficient (Wildman–Crippen LogP) is 4.96. The fourth-order valence-electron chi connectivity index (χ4n) is 3.22. The molecule has 0 unspecified atom stereocenters. The van der Waals surface area contributed by atoms with Crippen LogP contribution in [0.5, 0.6) is 0 Å². The molecule has 0 bridgehead atoms. The number of hydrogen-bond acceptors (Lipinski definition) is 6. The van der Waals surface area contributed by atoms with Gasteiger partial charge in [-0.25, -0.2) is 4.79 Å². The summed E-state index contributed by atoms with van der Waals surface area (Å²) in [7, 11) is -2.94. The van der Waals surface area contributed by atoms with Gasteiger partial charge in [0.25, 0.3) is 0 Å². The molecule has 0 aliphatic carbocycles. The van der Waals surface area contributed by atoms with E-state index in [1.54, 1.807) is 0 Å². The lowest BCUT2D eigenvalue weighted by molar-refractivity contribution is -0.137. The number of esters is 1. The molecule has 0 aliphatic heterocycles. The van der Waals surface area contributed by atoms with Gasteiger partial charge in [-0.2, -0.15) is 27.1 Å². The minimum atomic E-state index is -4.74. The normalized spacial score (nSPS) is 11.8. The minimum absolute atomic E-state index is 0.129. The monoisotopic (exact) mass is 470 g/mol. The van der Waals surface area contributed by atoms with Crippen molar-refractivity contribution < 1.29 is 36.6 Å². The Kier molecular flexibility index (Phi) is 8.31. The van der Waals surface area contributed by atoms with Gasteiger partial charge >= 0.3 is 20.1 Å². The maximum atomic E-state index is 13.9. The second kappa shape index (κ2) is 10.4. The maximum absolute atomic E-state index is 13.9. The van der Waals surface area contributed by atoms with Crippen LogP contribution < -0.4 is 5.30 Å². The first-order chi connectivity index (χ1) is 15.0. The first-order valence-electron chi connectivity index (χ1n) is 9.41. The summed E-state index contributed by atoms with van der Waals surface area (Å²) < 4.78 is 57.7. The molecule has 172 valence electrons. The number of ether oxygens (including phenoxy) is 1. The second-order valence-electron chi connectivity index (χ2n) is 6.61. The summed E-state index contributed by atoms with van der Waals surface area (Å²) in [4.78, 5) is 28.4. The van der Waals surface area contributed by atoms with Crippen molar-refractivity contribution in [3.63, 3.8) is 0 Å². The molecule has 0 atom stereocenters. The van der Waals surface area contributed by atoms with Crippen LogP contribution >= 0.6 is 7.94 Å². The third kappa shape index (κ3) is 5.24. The third-order valence-electron chi connectivity index (χ3n) is 4.44. The van der Waals surface area contributed by atoms with Crippen LogP contribution in [0.4, 0.5) is 13.2 Å². The molecule has 0 saturated heterocycles. The molecular weight excluding hydrogens is 446 g/mol. The van der Waals surface area contributed by atoms with Crippen molar-refractivity contribution in [1.29, 1.82) is 0 Å². The molecule has 1 aromatic carbocycles. The highest BCUT2D eigenvalue weighted by Crippen LogP contribution is 2.59. The number of alkyl halides is 3. The number of carbonyl (C=O) groups excluding carboxylic acids is 1. The molecular formula is C22H24F3NO5P+. The van der Waals surface area contributed by atoms with Crippen molar-refractivity contribution in [3.8, 4) is 11.1 Å². The molecule has 6 nitrogen and oxygen atoms in total. The SMILES string of the molecule is C=CCO[P+](O)(OCC=C)c1c(C)nc(C)c(C(=O)OC)c1-c1ccccc1C(F)(F)F. The Hall–Kier alpha value is -2.58. The van der Waals surface area contributed by atoms with Crippen LogP contribution in [0, 0.1) is 13.8 Å². The summed E-state index contributed by atoms with van der Waals surface area (Å²) >= 11 is 0. The summed E-state index contributed by atoms with van der Waals surface area (Å²) in [5.74, 6) is -0.915. The van der Waals surface area contributed by atoms with E-state index in [0.29, 0.717) is 0 Å². The van der Waals surface area contributed by atoms with Gasteiger partial charge in [0.1, 0.15) is 13.2 Å². The van der Waals surface area contributed by atoms with E-state index in [4.69, 9.17) is 13.8 Å². The van der Waals surface area contributed by atoms with Gasteiger partial charge in [0.2, 0.25) is 5.30 Å². The van der Waals surface area contributed by atoms with Gasteiger partial charge in [0, 0.05) is 0 Å². The number of hydrogen-bond donors (Lipinski definition) is 1. The Morgan fingerprint density at radius 1 is 1.12 bits per heavy atom. The molecule has 1 aromatic heterocycles. The van der Waals surface area contributed by atoms with Crippen LogP contribution in [0.1, 0.15) is 27.3 Å². The Balaban J connectivity index is 3.07. The minimum Gasteiger partial charge on any atom is -0.465 e. The van der Waals surface area contributed by atoms with Gasteiger partial charge in [-0.3, -0.25) is 4.98 Å². The molecule has 0 aliphatic rings. The average Bonchev–Trinajstić information content (AvgIpc) is 2.74. The number of pyridine rings is 1. The Labute approximate surface area is 184 Å². The van der Waals surface area contributed by atoms with Crippen molar-refractivity contribution in [2.45, 2.75) is 20.0 Å². The molecule has 0 radical (unpaired) electrons. The van der Waals surface area contributed by atoms with Crippen molar-refractivity contribution in [3.05, 3.63) is 72.1 Å². The largest absolute Gasteiger partial charge is 0.465 e. The summed E-state index contributed by atoms with van der Waals surface area (Å²) in [6, 6.07) is 4.72. The van der Waals surface area contributed by atoms with Crippen molar-refractivity contribution in [1.82, 2.24) is 4.98 Å². The highest BCUT2D eigenvalue weighted by molar-refractivity contribution is 7.69. The topological polar surface area (TPSA) is 77.9 Å². The molecule has 1 N–H and O–H groups in total. The molecule has 32 heavy (non-hydrogen) atoms. The maximum Gasteiger partial charge on any atom is 0.449 e. The average molecular weight is 470 g/mol. The van der Waals surface area contributed by atoms with E-state index in [-0.39, 0.29) is 46.6 Å². The standard InChI is InChI=1S/C22H24F3NO5P/c1-6-12-30-32(28,31-13-7-2)20-15(4)26-14(3)18(21(27)29-5)19(20)16-10-8-9-11-17(16)22(23,24)25/h6-11,28H,1-2,12-13H2,3-5H3/q+1. The lowest BCUT2D eigenvalue weighted by Gasteiger charge is -2.23. The summed E-state index contributed by atoms with van der Waals surface area (Å²) in [6.45, 7) is 9.68. The lowest BCUT2D eigenvalue weighted by atomic mass is 9.93. The Morgan fingerprint density at radius 2 is 1.69 bits per heavy atom. The summed E-state index contributed by atoms with van der Waals surface area (Å²) in [5.41, 5.74) is -1.51.